The van der Waals surface area contributed by atoms with Crippen molar-refractivity contribution in [2.75, 3.05) is 11.9 Å². The molecule has 0 aromatic heterocycles. The van der Waals surface area contributed by atoms with Crippen LogP contribution in [0, 0.1) is 22.0 Å². The lowest BCUT2D eigenvalue weighted by molar-refractivity contribution is -0.384. The molecule has 2 aliphatic rings. The quantitative estimate of drug-likeness (QED) is 0.462. The fourth-order valence-corrected chi connectivity index (χ4v) is 4.31. The highest BCUT2D eigenvalue weighted by Gasteiger charge is 2.40. The zero-order chi connectivity index (χ0) is 21.3. The van der Waals surface area contributed by atoms with Crippen molar-refractivity contribution < 1.29 is 19.3 Å². The number of hydrogen-bond donors (Lipinski definition) is 1. The van der Waals surface area contributed by atoms with Gasteiger partial charge in [0.25, 0.3) is 17.5 Å². The molecule has 0 spiro atoms. The summed E-state index contributed by atoms with van der Waals surface area (Å²) in [6, 6.07) is 12.4. The fourth-order valence-electron chi connectivity index (χ4n) is 4.31. The van der Waals surface area contributed by atoms with Crippen LogP contribution in [0.3, 0.4) is 0 Å². The first-order valence-corrected chi connectivity index (χ1v) is 9.96. The van der Waals surface area contributed by atoms with Crippen molar-refractivity contribution in [1.29, 1.82) is 0 Å². The van der Waals surface area contributed by atoms with Crippen molar-refractivity contribution in [3.63, 3.8) is 0 Å². The van der Waals surface area contributed by atoms with Crippen molar-refractivity contribution in [2.24, 2.45) is 11.8 Å². The molecule has 4 rings (SSSR count). The molecule has 2 atom stereocenters. The first-order valence-electron chi connectivity index (χ1n) is 9.96. The predicted molar refractivity (Wildman–Crippen MR) is 109 cm³/mol. The maximum atomic E-state index is 12.9. The van der Waals surface area contributed by atoms with Crippen LogP contribution in [0.4, 0.5) is 11.4 Å². The van der Waals surface area contributed by atoms with Gasteiger partial charge in [-0.15, -0.1) is 0 Å². The molecular weight excluding hydrogens is 386 g/mol. The maximum absolute atomic E-state index is 12.9. The minimum atomic E-state index is -0.495. The highest BCUT2D eigenvalue weighted by Crippen LogP contribution is 2.34. The highest BCUT2D eigenvalue weighted by molar-refractivity contribution is 6.21. The lowest BCUT2D eigenvalue weighted by Crippen LogP contribution is -2.41. The Morgan fingerprint density at radius 1 is 1.00 bits per heavy atom. The predicted octanol–water partition coefficient (Wildman–Crippen LogP) is 3.64. The van der Waals surface area contributed by atoms with Crippen LogP contribution in [-0.4, -0.2) is 34.1 Å². The minimum absolute atomic E-state index is 0.0471. The van der Waals surface area contributed by atoms with E-state index in [-0.39, 0.29) is 41.8 Å². The number of fused-ring (bicyclic) bond motifs is 1. The van der Waals surface area contributed by atoms with E-state index in [0.717, 1.165) is 19.3 Å². The molecule has 30 heavy (non-hydrogen) atoms. The Hall–Kier alpha value is -3.55. The van der Waals surface area contributed by atoms with Crippen LogP contribution < -0.4 is 5.32 Å². The molecule has 154 valence electrons. The average Bonchev–Trinajstić information content (AvgIpc) is 2.99. The Labute approximate surface area is 173 Å². The van der Waals surface area contributed by atoms with Crippen LogP contribution >= 0.6 is 0 Å². The number of rotatable bonds is 5. The van der Waals surface area contributed by atoms with E-state index in [1.54, 1.807) is 24.3 Å². The van der Waals surface area contributed by atoms with Gasteiger partial charge in [0, 0.05) is 30.3 Å². The number of nitrogens with zero attached hydrogens (tertiary/aromatic N) is 2. The first kappa shape index (κ1) is 19.8. The van der Waals surface area contributed by atoms with Gasteiger partial charge in [0.05, 0.1) is 16.1 Å². The maximum Gasteiger partial charge on any atom is 0.269 e. The number of nitro groups is 1. The molecule has 1 N–H and O–H groups in total. The summed E-state index contributed by atoms with van der Waals surface area (Å²) >= 11 is 0. The molecule has 2 aromatic rings. The molecule has 2 unspecified atom stereocenters. The second kappa shape index (κ2) is 8.06. The van der Waals surface area contributed by atoms with E-state index >= 15 is 0 Å². The molecule has 0 saturated heterocycles. The molecule has 8 heteroatoms. The van der Waals surface area contributed by atoms with Gasteiger partial charge >= 0.3 is 0 Å². The number of non-ortho nitro benzene ring substituents is 1. The molecule has 1 saturated carbocycles. The minimum Gasteiger partial charge on any atom is -0.326 e. The summed E-state index contributed by atoms with van der Waals surface area (Å²) < 4.78 is 0. The van der Waals surface area contributed by atoms with Crippen molar-refractivity contribution in [3.8, 4) is 0 Å². The summed E-state index contributed by atoms with van der Waals surface area (Å²) in [5, 5.41) is 13.6. The van der Waals surface area contributed by atoms with E-state index in [4.69, 9.17) is 0 Å². The Kier molecular flexibility index (Phi) is 5.31. The summed E-state index contributed by atoms with van der Waals surface area (Å²) in [6.07, 6.45) is 3.27. The van der Waals surface area contributed by atoms with Gasteiger partial charge in [-0.1, -0.05) is 25.0 Å². The molecule has 2 aromatic carbocycles. The van der Waals surface area contributed by atoms with Crippen LogP contribution in [0.15, 0.2) is 48.5 Å². The van der Waals surface area contributed by atoms with Crippen molar-refractivity contribution in [1.82, 2.24) is 4.90 Å². The highest BCUT2D eigenvalue weighted by atomic mass is 16.6. The van der Waals surface area contributed by atoms with Crippen LogP contribution in [0.25, 0.3) is 0 Å². The second-order valence-corrected chi connectivity index (χ2v) is 7.71. The summed E-state index contributed by atoms with van der Waals surface area (Å²) in [5.74, 6) is -1.27. The van der Waals surface area contributed by atoms with Gasteiger partial charge in [-0.3, -0.25) is 29.4 Å². The summed E-state index contributed by atoms with van der Waals surface area (Å²) in [6.45, 7) is 0.213. The van der Waals surface area contributed by atoms with E-state index in [2.05, 4.69) is 5.32 Å². The smallest absolute Gasteiger partial charge is 0.269 e. The van der Waals surface area contributed by atoms with Crippen LogP contribution in [0.5, 0.6) is 0 Å². The fraction of sp³-hybridized carbons (Fsp3) is 0.318. The van der Waals surface area contributed by atoms with Gasteiger partial charge in [-0.25, -0.2) is 0 Å². The number of benzene rings is 2. The normalized spacial score (nSPS) is 20.7. The number of carbonyl (C=O) groups excluding carboxylic acids is 3. The van der Waals surface area contributed by atoms with Crippen LogP contribution in [0.1, 0.15) is 46.4 Å². The number of amides is 3. The van der Waals surface area contributed by atoms with Crippen molar-refractivity contribution >= 4 is 29.1 Å². The monoisotopic (exact) mass is 407 g/mol. The Balaban J connectivity index is 1.47. The molecule has 1 fully saturated rings. The van der Waals surface area contributed by atoms with Gasteiger partial charge in [0.2, 0.25) is 5.91 Å². The third-order valence-electron chi connectivity index (χ3n) is 5.89. The molecule has 1 aliphatic heterocycles. The average molecular weight is 407 g/mol. The lowest BCUT2D eigenvalue weighted by atomic mass is 9.78. The van der Waals surface area contributed by atoms with Crippen molar-refractivity contribution in [2.45, 2.75) is 25.7 Å². The first-order chi connectivity index (χ1) is 14.5. The second-order valence-electron chi connectivity index (χ2n) is 7.71. The van der Waals surface area contributed by atoms with Crippen LogP contribution in [0.2, 0.25) is 0 Å². The molecule has 3 amide bonds. The molecule has 8 nitrogen and oxygen atoms in total. The summed E-state index contributed by atoms with van der Waals surface area (Å²) in [5.41, 5.74) is 1.25. The number of imide groups is 1. The van der Waals surface area contributed by atoms with Gasteiger partial charge < -0.3 is 5.32 Å². The van der Waals surface area contributed by atoms with E-state index in [0.29, 0.717) is 23.2 Å². The van der Waals surface area contributed by atoms with E-state index < -0.39 is 4.92 Å². The van der Waals surface area contributed by atoms with Gasteiger partial charge in [-0.05, 0) is 43.0 Å². The topological polar surface area (TPSA) is 110 Å². The van der Waals surface area contributed by atoms with Crippen molar-refractivity contribution in [3.05, 3.63) is 69.8 Å². The molecule has 1 heterocycles. The molecule has 0 bridgehead atoms. The lowest BCUT2D eigenvalue weighted by Gasteiger charge is -2.32. The number of nitrogens with one attached hydrogen (secondary N) is 1. The van der Waals surface area contributed by atoms with Gasteiger partial charge in [0.1, 0.15) is 0 Å². The molecule has 1 aliphatic carbocycles. The summed E-state index contributed by atoms with van der Waals surface area (Å²) in [4.78, 5) is 49.8. The molecule has 0 radical (unpaired) electrons. The standard InChI is InChI=1S/C22H21N3O5/c26-20(23-15-9-11-16(12-10-15)25(29)30)17-6-2-1-5-14(17)13-24-21(27)18-7-3-4-8-19(18)22(24)28/h3-4,7-12,14,17H,1-2,5-6,13H2,(H,23,26). The van der Waals surface area contributed by atoms with E-state index in [9.17, 15) is 24.5 Å². The molecular formula is C22H21N3O5. The van der Waals surface area contributed by atoms with Crippen LogP contribution in [-0.2, 0) is 4.79 Å². The zero-order valence-corrected chi connectivity index (χ0v) is 16.2. The third kappa shape index (κ3) is 3.68. The van der Waals surface area contributed by atoms with Gasteiger partial charge in [0.15, 0.2) is 0 Å². The Morgan fingerprint density at radius 2 is 1.60 bits per heavy atom. The zero-order valence-electron chi connectivity index (χ0n) is 16.2. The Morgan fingerprint density at radius 3 is 2.20 bits per heavy atom. The number of hydrogen-bond acceptors (Lipinski definition) is 5. The van der Waals surface area contributed by atoms with Gasteiger partial charge in [-0.2, -0.15) is 0 Å². The number of nitro benzene ring substituents is 1. The summed E-state index contributed by atoms with van der Waals surface area (Å²) in [7, 11) is 0. The number of carbonyl (C=O) groups is 3. The SMILES string of the molecule is O=C(Nc1ccc([N+](=O)[O-])cc1)C1CCCCC1CN1C(=O)c2ccccc2C1=O. The van der Waals surface area contributed by atoms with E-state index in [1.807, 2.05) is 0 Å². The number of anilines is 1. The largest absolute Gasteiger partial charge is 0.326 e. The third-order valence-corrected chi connectivity index (χ3v) is 5.89. The Bertz CT molecular complexity index is 983. The van der Waals surface area contributed by atoms with E-state index in [1.165, 1.54) is 29.2 Å².